The van der Waals surface area contributed by atoms with E-state index in [1.165, 1.54) is 0 Å². The van der Waals surface area contributed by atoms with E-state index in [0.717, 1.165) is 38.8 Å². The minimum atomic E-state index is -3.50. The van der Waals surface area contributed by atoms with E-state index in [-0.39, 0.29) is 34.3 Å². The molecule has 3 aliphatic rings. The maximum atomic E-state index is 12.9. The lowest BCUT2D eigenvalue weighted by molar-refractivity contribution is -0.121. The summed E-state index contributed by atoms with van der Waals surface area (Å²) in [7, 11) is -6.41. The van der Waals surface area contributed by atoms with Gasteiger partial charge in [-0.05, 0) is 69.5 Å². The lowest BCUT2D eigenvalue weighted by atomic mass is 9.94. The maximum absolute atomic E-state index is 12.9. The van der Waals surface area contributed by atoms with Crippen LogP contribution in [0.25, 0.3) is 0 Å². The Morgan fingerprint density at radius 1 is 0.906 bits per heavy atom. The van der Waals surface area contributed by atoms with Gasteiger partial charge in [-0.3, -0.25) is 9.69 Å². The third-order valence-corrected chi connectivity index (χ3v) is 10.6. The Balaban J connectivity index is 1.30. The van der Waals surface area contributed by atoms with Crippen molar-refractivity contribution >= 4 is 31.5 Å². The molecule has 1 aromatic rings. The Morgan fingerprint density at radius 3 is 2.09 bits per heavy atom. The zero-order chi connectivity index (χ0) is 22.8. The number of nitrogens with one attached hydrogen (secondary N) is 1. The Hall–Kier alpha value is -1.49. The van der Waals surface area contributed by atoms with Crippen molar-refractivity contribution in [1.29, 1.82) is 0 Å². The fourth-order valence-corrected chi connectivity index (χ4v) is 8.25. The second-order valence-corrected chi connectivity index (χ2v) is 13.4. The van der Waals surface area contributed by atoms with E-state index >= 15 is 0 Å². The molecule has 0 radical (unpaired) electrons. The van der Waals surface area contributed by atoms with Crippen LogP contribution < -0.4 is 5.32 Å². The van der Waals surface area contributed by atoms with Crippen molar-refractivity contribution in [1.82, 2.24) is 9.21 Å². The van der Waals surface area contributed by atoms with Crippen molar-refractivity contribution in [3.63, 3.8) is 0 Å². The van der Waals surface area contributed by atoms with Gasteiger partial charge < -0.3 is 5.32 Å². The summed E-state index contributed by atoms with van der Waals surface area (Å²) >= 11 is 0. The molecule has 0 aromatic heterocycles. The molecule has 3 saturated heterocycles. The molecule has 3 fully saturated rings. The molecule has 3 heterocycles. The number of carbonyl (C=O) groups is 1. The number of benzene rings is 1. The van der Waals surface area contributed by atoms with Crippen molar-refractivity contribution < 1.29 is 21.6 Å². The monoisotopic (exact) mass is 483 g/mol. The van der Waals surface area contributed by atoms with Gasteiger partial charge in [0.25, 0.3) is 0 Å². The number of hydrogen-bond acceptors (Lipinski definition) is 6. The molecule has 3 aliphatic heterocycles. The van der Waals surface area contributed by atoms with Crippen LogP contribution in [0.15, 0.2) is 29.2 Å². The molecule has 0 bridgehead atoms. The molecule has 1 aromatic carbocycles. The summed E-state index contributed by atoms with van der Waals surface area (Å²) in [5.41, 5.74) is 0.592. The van der Waals surface area contributed by atoms with Crippen molar-refractivity contribution in [3.8, 4) is 0 Å². The lowest BCUT2D eigenvalue weighted by Crippen LogP contribution is -2.44. The van der Waals surface area contributed by atoms with E-state index in [2.05, 4.69) is 10.2 Å². The molecule has 178 valence electrons. The minimum Gasteiger partial charge on any atom is -0.326 e. The molecule has 0 saturated carbocycles. The van der Waals surface area contributed by atoms with Crippen molar-refractivity contribution in [3.05, 3.63) is 24.3 Å². The highest BCUT2D eigenvalue weighted by Gasteiger charge is 2.35. The van der Waals surface area contributed by atoms with Gasteiger partial charge in [-0.2, -0.15) is 4.31 Å². The number of sulfone groups is 1. The molecule has 0 aliphatic carbocycles. The Labute approximate surface area is 191 Å². The number of sulfonamides is 1. The average molecular weight is 484 g/mol. The average Bonchev–Trinajstić information content (AvgIpc) is 2.96. The second-order valence-electron chi connectivity index (χ2n) is 9.20. The summed E-state index contributed by atoms with van der Waals surface area (Å²) in [5.74, 6) is 0.314. The molecule has 0 unspecified atom stereocenters. The third kappa shape index (κ3) is 5.52. The van der Waals surface area contributed by atoms with Gasteiger partial charge >= 0.3 is 0 Å². The first-order chi connectivity index (χ1) is 15.2. The van der Waals surface area contributed by atoms with Crippen LogP contribution in [0, 0.1) is 5.92 Å². The second kappa shape index (κ2) is 9.79. The van der Waals surface area contributed by atoms with Crippen molar-refractivity contribution in [2.24, 2.45) is 5.92 Å². The topological polar surface area (TPSA) is 104 Å². The van der Waals surface area contributed by atoms with Gasteiger partial charge in [0, 0.05) is 30.7 Å². The predicted octanol–water partition coefficient (Wildman–Crippen LogP) is 2.09. The number of rotatable bonds is 5. The summed E-state index contributed by atoms with van der Waals surface area (Å²) in [6.45, 7) is 2.58. The van der Waals surface area contributed by atoms with E-state index in [0.29, 0.717) is 38.0 Å². The van der Waals surface area contributed by atoms with Gasteiger partial charge in [0.15, 0.2) is 9.84 Å². The highest BCUT2D eigenvalue weighted by Crippen LogP contribution is 2.26. The third-order valence-electron chi connectivity index (χ3n) is 6.95. The van der Waals surface area contributed by atoms with Crippen molar-refractivity contribution in [2.45, 2.75) is 55.9 Å². The zero-order valence-electron chi connectivity index (χ0n) is 18.4. The molecule has 32 heavy (non-hydrogen) atoms. The summed E-state index contributed by atoms with van der Waals surface area (Å²) in [4.78, 5) is 15.2. The van der Waals surface area contributed by atoms with Crippen LogP contribution in [-0.4, -0.2) is 75.7 Å². The number of nitrogens with zero attached hydrogens (tertiary/aromatic N) is 2. The first-order valence-electron chi connectivity index (χ1n) is 11.6. The van der Waals surface area contributed by atoms with Crippen LogP contribution in [0.1, 0.15) is 44.9 Å². The van der Waals surface area contributed by atoms with Crippen LogP contribution in [0.3, 0.4) is 0 Å². The van der Waals surface area contributed by atoms with Gasteiger partial charge in [-0.1, -0.05) is 12.8 Å². The number of carbonyl (C=O) groups excluding carboxylic acids is 1. The maximum Gasteiger partial charge on any atom is 0.243 e. The fraction of sp³-hybridized carbons (Fsp3) is 0.682. The van der Waals surface area contributed by atoms with Gasteiger partial charge in [0.1, 0.15) is 0 Å². The number of hydrogen-bond donors (Lipinski definition) is 1. The largest absolute Gasteiger partial charge is 0.326 e. The summed E-state index contributed by atoms with van der Waals surface area (Å²) in [6.07, 6.45) is 6.00. The molecule has 0 spiro atoms. The van der Waals surface area contributed by atoms with Crippen LogP contribution in [0.4, 0.5) is 5.69 Å². The fourth-order valence-electron chi connectivity index (χ4n) is 4.98. The Kier molecular flexibility index (Phi) is 7.24. The van der Waals surface area contributed by atoms with E-state index in [9.17, 15) is 21.6 Å². The minimum absolute atomic E-state index is 0.0631. The predicted molar refractivity (Wildman–Crippen MR) is 124 cm³/mol. The van der Waals surface area contributed by atoms with E-state index in [4.69, 9.17) is 0 Å². The summed E-state index contributed by atoms with van der Waals surface area (Å²) in [6, 6.07) is 6.53. The SMILES string of the molecule is O=C(Nc1ccc(S(=O)(=O)N2CCCCCC2)cc1)C1CCN([C@H]2CCS(=O)(=O)C2)CC1. The van der Waals surface area contributed by atoms with Crippen LogP contribution in [0.2, 0.25) is 0 Å². The van der Waals surface area contributed by atoms with E-state index in [1.54, 1.807) is 28.6 Å². The highest BCUT2D eigenvalue weighted by atomic mass is 32.2. The lowest BCUT2D eigenvalue weighted by Gasteiger charge is -2.34. The number of amides is 1. The zero-order valence-corrected chi connectivity index (χ0v) is 20.0. The molecule has 10 heteroatoms. The first-order valence-corrected chi connectivity index (χ1v) is 14.9. The smallest absolute Gasteiger partial charge is 0.243 e. The molecular formula is C22H33N3O5S2. The van der Waals surface area contributed by atoms with E-state index < -0.39 is 19.9 Å². The van der Waals surface area contributed by atoms with Crippen LogP contribution >= 0.6 is 0 Å². The van der Waals surface area contributed by atoms with Gasteiger partial charge in [0.2, 0.25) is 15.9 Å². The van der Waals surface area contributed by atoms with E-state index in [1.807, 2.05) is 0 Å². The normalized spacial score (nSPS) is 25.9. The van der Waals surface area contributed by atoms with Gasteiger partial charge in [0.05, 0.1) is 16.4 Å². The Morgan fingerprint density at radius 2 is 1.53 bits per heavy atom. The molecule has 1 N–H and O–H groups in total. The number of piperidine rings is 1. The molecule has 8 nitrogen and oxygen atoms in total. The van der Waals surface area contributed by atoms with Gasteiger partial charge in [-0.15, -0.1) is 0 Å². The van der Waals surface area contributed by atoms with Gasteiger partial charge in [-0.25, -0.2) is 16.8 Å². The summed E-state index contributed by atoms with van der Waals surface area (Å²) < 4.78 is 50.8. The molecule has 1 atom stereocenters. The molecule has 1 amide bonds. The number of likely N-dealkylation sites (tertiary alicyclic amines) is 1. The van der Waals surface area contributed by atoms with Crippen LogP contribution in [0.5, 0.6) is 0 Å². The number of anilines is 1. The van der Waals surface area contributed by atoms with Crippen LogP contribution in [-0.2, 0) is 24.7 Å². The summed E-state index contributed by atoms with van der Waals surface area (Å²) in [5, 5.41) is 2.92. The van der Waals surface area contributed by atoms with Crippen molar-refractivity contribution in [2.75, 3.05) is 43.0 Å². The Bertz CT molecular complexity index is 1010. The quantitative estimate of drug-likeness (QED) is 0.688. The molecular weight excluding hydrogens is 450 g/mol. The highest BCUT2D eigenvalue weighted by molar-refractivity contribution is 7.91. The first kappa shape index (κ1) is 23.7. The standard InChI is InChI=1S/C22H33N3O5S2/c26-22(18-9-14-24(15-10-18)20-11-16-31(27,28)17-20)23-19-5-7-21(8-6-19)32(29,30)25-12-3-1-2-4-13-25/h5-8,18,20H,1-4,9-17H2,(H,23,26)/t20-/m0/s1. The molecule has 4 rings (SSSR count).